The van der Waals surface area contributed by atoms with Crippen molar-refractivity contribution in [2.45, 2.75) is 52.8 Å². The van der Waals surface area contributed by atoms with Crippen molar-refractivity contribution in [2.24, 2.45) is 5.73 Å². The number of hydrogen-bond donors (Lipinski definition) is 3. The minimum Gasteiger partial charge on any atom is -0.480 e. The van der Waals surface area contributed by atoms with E-state index in [1.54, 1.807) is 44.3 Å². The normalized spacial score (nSPS) is 11.6. The third-order valence-electron chi connectivity index (χ3n) is 6.67. The van der Waals surface area contributed by atoms with Gasteiger partial charge in [-0.3, -0.25) is 14.4 Å². The smallest absolute Gasteiger partial charge is 0.272 e. The Morgan fingerprint density at radius 1 is 1.10 bits per heavy atom. The lowest BCUT2D eigenvalue weighted by molar-refractivity contribution is -0.125. The van der Waals surface area contributed by atoms with E-state index in [0.29, 0.717) is 45.3 Å². The number of benzene rings is 2. The lowest BCUT2D eigenvalue weighted by atomic mass is 10.1. The van der Waals surface area contributed by atoms with Crippen molar-refractivity contribution < 1.29 is 18.8 Å². The van der Waals surface area contributed by atoms with Crippen LogP contribution in [0.3, 0.4) is 0 Å². The number of hydrogen-bond acceptors (Lipinski definition) is 7. The van der Waals surface area contributed by atoms with Crippen molar-refractivity contribution in [3.8, 4) is 17.1 Å². The first-order chi connectivity index (χ1) is 19.7. The van der Waals surface area contributed by atoms with Crippen LogP contribution in [-0.2, 0) is 29.1 Å². The molecule has 4 aromatic rings. The summed E-state index contributed by atoms with van der Waals surface area (Å²) >= 11 is 6.15. The fraction of sp³-hybridized carbons (Fsp3) is 0.267. The van der Waals surface area contributed by atoms with E-state index >= 15 is 0 Å². The third kappa shape index (κ3) is 7.15. The van der Waals surface area contributed by atoms with Crippen molar-refractivity contribution in [1.29, 1.82) is 0 Å². The average molecular weight is 578 g/mol. The van der Waals surface area contributed by atoms with Crippen LogP contribution in [0.25, 0.3) is 11.3 Å². The second kappa shape index (κ2) is 13.2. The molecule has 1 unspecified atom stereocenters. The Labute approximate surface area is 242 Å². The summed E-state index contributed by atoms with van der Waals surface area (Å²) < 4.78 is 12.7. The molecule has 0 fully saturated rings. The van der Waals surface area contributed by atoms with Gasteiger partial charge in [-0.2, -0.15) is 0 Å². The number of pyridine rings is 1. The number of carbonyl (C=O) groups is 2. The van der Waals surface area contributed by atoms with Crippen LogP contribution in [0.15, 0.2) is 70.1 Å². The number of ether oxygens (including phenoxy) is 1. The maximum absolute atomic E-state index is 13.3. The van der Waals surface area contributed by atoms with Crippen LogP contribution in [0.1, 0.15) is 41.3 Å². The molecule has 2 aromatic heterocycles. The van der Waals surface area contributed by atoms with Crippen molar-refractivity contribution in [3.05, 3.63) is 104 Å². The lowest BCUT2D eigenvalue weighted by Gasteiger charge is -2.18. The topological polar surface area (TPSA) is 141 Å². The predicted octanol–water partition coefficient (Wildman–Crippen LogP) is 4.02. The first kappa shape index (κ1) is 29.4. The molecule has 0 spiro atoms. The molecule has 41 heavy (non-hydrogen) atoms. The molecular formula is C30H32ClN5O5. The van der Waals surface area contributed by atoms with E-state index in [-0.39, 0.29) is 31.0 Å². The molecule has 0 aliphatic carbocycles. The molecule has 0 aliphatic rings. The largest absolute Gasteiger partial charge is 0.480 e. The molecule has 0 aliphatic heterocycles. The molecule has 0 radical (unpaired) electrons. The maximum atomic E-state index is 13.3. The summed E-state index contributed by atoms with van der Waals surface area (Å²) in [4.78, 5) is 37.9. The molecule has 0 saturated heterocycles. The number of rotatable bonds is 12. The number of nitrogens with one attached hydrogen (secondary N) is 2. The monoisotopic (exact) mass is 577 g/mol. The predicted molar refractivity (Wildman–Crippen MR) is 156 cm³/mol. The Bertz CT molecular complexity index is 1600. The van der Waals surface area contributed by atoms with E-state index in [2.05, 4.69) is 15.9 Å². The van der Waals surface area contributed by atoms with E-state index in [9.17, 15) is 14.4 Å². The summed E-state index contributed by atoms with van der Waals surface area (Å²) in [5.41, 5.74) is 12.2. The molecule has 0 bridgehead atoms. The van der Waals surface area contributed by atoms with E-state index < -0.39 is 12.0 Å². The summed E-state index contributed by atoms with van der Waals surface area (Å²) in [5.74, 6) is 0.0666. The molecule has 10 nitrogen and oxygen atoms in total. The summed E-state index contributed by atoms with van der Waals surface area (Å²) in [6.45, 7) is 5.77. The van der Waals surface area contributed by atoms with Gasteiger partial charge < -0.3 is 25.7 Å². The first-order valence-corrected chi connectivity index (χ1v) is 13.5. The van der Waals surface area contributed by atoms with E-state index in [1.165, 1.54) is 4.68 Å². The summed E-state index contributed by atoms with van der Waals surface area (Å²) in [6, 6.07) is 16.3. The van der Waals surface area contributed by atoms with Crippen molar-refractivity contribution in [1.82, 2.24) is 15.1 Å². The van der Waals surface area contributed by atoms with Crippen molar-refractivity contribution in [3.63, 3.8) is 0 Å². The van der Waals surface area contributed by atoms with Gasteiger partial charge in [-0.15, -0.1) is 0 Å². The van der Waals surface area contributed by atoms with Crippen LogP contribution in [0, 0.1) is 13.8 Å². The number of nitrogens with two attached hydrogens (primary N) is 1. The Balaban J connectivity index is 1.45. The molecule has 214 valence electrons. The average Bonchev–Trinajstić information content (AvgIpc) is 3.33. The van der Waals surface area contributed by atoms with E-state index in [4.69, 9.17) is 26.6 Å². The highest BCUT2D eigenvalue weighted by atomic mass is 35.5. The van der Waals surface area contributed by atoms with Crippen LogP contribution in [0.5, 0.6) is 5.75 Å². The quantitative estimate of drug-likeness (QED) is 0.231. The standard InChI is InChI=1S/C30H32ClN5O5/c1-4-25(29(32)38)40-26-11-10-22(31)14-21(26)16-33-27(37)15-23-18(2)12-13-36(30(23)39)34-17-24-19(3)35-41-28(24)20-8-6-5-7-9-20/h5-14,25,34H,4,15-17H2,1-3H3,(H2,32,38)(H,33,37). The molecular weight excluding hydrogens is 546 g/mol. The van der Waals surface area contributed by atoms with Gasteiger partial charge in [-0.05, 0) is 50.1 Å². The SMILES string of the molecule is CCC(Oc1ccc(Cl)cc1CNC(=O)Cc1c(C)ccn(NCc2c(C)noc2-c2ccccc2)c1=O)C(N)=O. The van der Waals surface area contributed by atoms with Crippen molar-refractivity contribution in [2.75, 3.05) is 5.43 Å². The maximum Gasteiger partial charge on any atom is 0.272 e. The summed E-state index contributed by atoms with van der Waals surface area (Å²) in [5, 5.41) is 7.35. The Morgan fingerprint density at radius 2 is 1.85 bits per heavy atom. The van der Waals surface area contributed by atoms with Gasteiger partial charge in [0.2, 0.25) is 5.91 Å². The van der Waals surface area contributed by atoms with Gasteiger partial charge in [0.15, 0.2) is 11.9 Å². The van der Waals surface area contributed by atoms with Gasteiger partial charge in [0, 0.05) is 40.0 Å². The zero-order valence-corrected chi connectivity index (χ0v) is 23.8. The van der Waals surface area contributed by atoms with Crippen molar-refractivity contribution >= 4 is 23.4 Å². The zero-order valence-electron chi connectivity index (χ0n) is 23.1. The number of aryl methyl sites for hydroxylation is 2. The Morgan fingerprint density at radius 3 is 2.56 bits per heavy atom. The second-order valence-electron chi connectivity index (χ2n) is 9.55. The molecule has 2 amide bonds. The number of primary amides is 1. The van der Waals surface area contributed by atoms with E-state index in [1.807, 2.05) is 37.3 Å². The number of nitrogens with zero attached hydrogens (tertiary/aromatic N) is 2. The van der Waals surface area contributed by atoms with Crippen LogP contribution >= 0.6 is 11.6 Å². The summed E-state index contributed by atoms with van der Waals surface area (Å²) in [6.07, 6.45) is 1.07. The minimum atomic E-state index is -0.811. The number of aromatic nitrogens is 2. The zero-order chi connectivity index (χ0) is 29.5. The number of amides is 2. The highest BCUT2D eigenvalue weighted by molar-refractivity contribution is 6.30. The molecule has 11 heteroatoms. The van der Waals surface area contributed by atoms with Crippen LogP contribution in [-0.4, -0.2) is 27.8 Å². The molecule has 0 saturated carbocycles. The number of halogens is 1. The van der Waals surface area contributed by atoms with Gasteiger partial charge in [0.1, 0.15) is 5.75 Å². The first-order valence-electron chi connectivity index (χ1n) is 13.1. The highest BCUT2D eigenvalue weighted by Gasteiger charge is 2.19. The highest BCUT2D eigenvalue weighted by Crippen LogP contribution is 2.26. The van der Waals surface area contributed by atoms with Crippen LogP contribution in [0.2, 0.25) is 5.02 Å². The second-order valence-corrected chi connectivity index (χ2v) is 9.99. The van der Waals surface area contributed by atoms with Gasteiger partial charge >= 0.3 is 0 Å². The molecule has 2 heterocycles. The fourth-order valence-electron chi connectivity index (χ4n) is 4.30. The Hall–Kier alpha value is -4.57. The molecule has 2 aromatic carbocycles. The molecule has 4 N–H and O–H groups in total. The van der Waals surface area contributed by atoms with Gasteiger partial charge in [0.05, 0.1) is 18.7 Å². The van der Waals surface area contributed by atoms with Gasteiger partial charge in [0.25, 0.3) is 11.5 Å². The number of carbonyl (C=O) groups excluding carboxylic acids is 2. The van der Waals surface area contributed by atoms with Crippen LogP contribution < -0.4 is 26.8 Å². The van der Waals surface area contributed by atoms with Gasteiger partial charge in [-0.1, -0.05) is 54.0 Å². The Kier molecular flexibility index (Phi) is 9.46. The fourth-order valence-corrected chi connectivity index (χ4v) is 4.49. The molecule has 4 rings (SSSR count). The van der Waals surface area contributed by atoms with Crippen LogP contribution in [0.4, 0.5) is 0 Å². The molecule has 1 atom stereocenters. The van der Waals surface area contributed by atoms with E-state index in [0.717, 1.165) is 11.1 Å². The minimum absolute atomic E-state index is 0.0806. The third-order valence-corrected chi connectivity index (χ3v) is 6.90. The summed E-state index contributed by atoms with van der Waals surface area (Å²) in [7, 11) is 0. The lowest BCUT2D eigenvalue weighted by Crippen LogP contribution is -2.35. The van der Waals surface area contributed by atoms with Gasteiger partial charge in [-0.25, -0.2) is 4.68 Å².